The predicted molar refractivity (Wildman–Crippen MR) is 114 cm³/mol. The summed E-state index contributed by atoms with van der Waals surface area (Å²) in [5.74, 6) is -1.47. The van der Waals surface area contributed by atoms with Crippen molar-refractivity contribution in [2.24, 2.45) is 0 Å². The summed E-state index contributed by atoms with van der Waals surface area (Å²) in [6.45, 7) is -0.0132. The molecular formula is C23H22F3N3O3. The molecule has 1 amide bonds. The fraction of sp³-hybridized carbons (Fsp3) is 0.261. The van der Waals surface area contributed by atoms with Crippen molar-refractivity contribution in [1.29, 1.82) is 0 Å². The van der Waals surface area contributed by atoms with E-state index in [-0.39, 0.29) is 19.4 Å². The number of alkyl halides is 3. The molecule has 32 heavy (non-hydrogen) atoms. The second-order valence-corrected chi connectivity index (χ2v) is 7.29. The van der Waals surface area contributed by atoms with Gasteiger partial charge >= 0.3 is 12.1 Å². The summed E-state index contributed by atoms with van der Waals surface area (Å²) in [5.41, 5.74) is 2.25. The maximum absolute atomic E-state index is 12.9. The molecule has 0 aliphatic rings. The fourth-order valence-corrected chi connectivity index (χ4v) is 3.23. The zero-order valence-corrected chi connectivity index (χ0v) is 17.0. The van der Waals surface area contributed by atoms with Crippen molar-refractivity contribution in [1.82, 2.24) is 10.3 Å². The molecule has 2 aromatic carbocycles. The Bertz CT molecular complexity index is 1090. The monoisotopic (exact) mass is 445 g/mol. The number of carbonyl (C=O) groups excluding carboxylic acids is 1. The van der Waals surface area contributed by atoms with E-state index in [1.807, 2.05) is 30.3 Å². The van der Waals surface area contributed by atoms with E-state index in [0.717, 1.165) is 10.9 Å². The maximum atomic E-state index is 12.9. The molecule has 1 aromatic heterocycles. The number of aliphatic carboxylic acids is 1. The van der Waals surface area contributed by atoms with Gasteiger partial charge in [-0.1, -0.05) is 30.3 Å². The van der Waals surface area contributed by atoms with Crippen molar-refractivity contribution < 1.29 is 27.9 Å². The van der Waals surface area contributed by atoms with Gasteiger partial charge in [-0.25, -0.2) is 0 Å². The van der Waals surface area contributed by atoms with Gasteiger partial charge in [0.1, 0.15) is 0 Å². The lowest BCUT2D eigenvalue weighted by Gasteiger charge is -2.21. The van der Waals surface area contributed by atoms with Crippen LogP contribution in [0.3, 0.4) is 0 Å². The van der Waals surface area contributed by atoms with E-state index >= 15 is 0 Å². The van der Waals surface area contributed by atoms with Gasteiger partial charge < -0.3 is 15.7 Å². The summed E-state index contributed by atoms with van der Waals surface area (Å²) in [7, 11) is 0. The number of rotatable bonds is 9. The number of carboxylic acid groups (broad SMARTS) is 1. The first kappa shape index (κ1) is 23.1. The summed E-state index contributed by atoms with van der Waals surface area (Å²) in [4.78, 5) is 27.0. The Labute approximate surface area is 182 Å². The van der Waals surface area contributed by atoms with Gasteiger partial charge in [0.05, 0.1) is 29.9 Å². The number of fused-ring (bicyclic) bond motifs is 1. The Balaban J connectivity index is 1.76. The summed E-state index contributed by atoms with van der Waals surface area (Å²) < 4.78 is 38.7. The molecule has 3 rings (SSSR count). The van der Waals surface area contributed by atoms with E-state index in [1.54, 1.807) is 18.3 Å². The van der Waals surface area contributed by atoms with Crippen LogP contribution < -0.4 is 10.6 Å². The molecule has 168 valence electrons. The number of aromatic nitrogens is 1. The lowest BCUT2D eigenvalue weighted by atomic mass is 9.99. The van der Waals surface area contributed by atoms with Crippen LogP contribution in [0.5, 0.6) is 0 Å². The minimum Gasteiger partial charge on any atom is -0.481 e. The first-order chi connectivity index (χ1) is 15.2. The highest BCUT2D eigenvalue weighted by Gasteiger charge is 2.29. The molecule has 1 atom stereocenters. The molecule has 0 saturated heterocycles. The van der Waals surface area contributed by atoms with Crippen LogP contribution in [-0.2, 0) is 4.79 Å². The van der Waals surface area contributed by atoms with Gasteiger partial charge in [0.25, 0.3) is 5.91 Å². The number of carbonyl (C=O) groups is 2. The molecule has 6 nitrogen and oxygen atoms in total. The van der Waals surface area contributed by atoms with E-state index < -0.39 is 30.5 Å². The quantitative estimate of drug-likeness (QED) is 0.434. The fourth-order valence-electron chi connectivity index (χ4n) is 3.23. The Kier molecular flexibility index (Phi) is 7.29. The third-order valence-corrected chi connectivity index (χ3v) is 4.85. The van der Waals surface area contributed by atoms with Gasteiger partial charge in [-0.3, -0.25) is 14.6 Å². The Morgan fingerprint density at radius 1 is 1.06 bits per heavy atom. The van der Waals surface area contributed by atoms with E-state index in [9.17, 15) is 22.8 Å². The van der Waals surface area contributed by atoms with Crippen LogP contribution in [0.1, 0.15) is 41.2 Å². The van der Waals surface area contributed by atoms with Gasteiger partial charge in [0.2, 0.25) is 0 Å². The molecule has 0 saturated carbocycles. The van der Waals surface area contributed by atoms with E-state index in [4.69, 9.17) is 5.11 Å². The number of anilines is 1. The van der Waals surface area contributed by atoms with Gasteiger partial charge in [-0.2, -0.15) is 13.2 Å². The van der Waals surface area contributed by atoms with Crippen molar-refractivity contribution in [3.63, 3.8) is 0 Å². The van der Waals surface area contributed by atoms with Crippen molar-refractivity contribution in [3.8, 4) is 0 Å². The molecule has 0 aliphatic heterocycles. The molecule has 0 radical (unpaired) electrons. The highest BCUT2D eigenvalue weighted by molar-refractivity contribution is 5.94. The van der Waals surface area contributed by atoms with E-state index in [0.29, 0.717) is 16.8 Å². The maximum Gasteiger partial charge on any atom is 0.389 e. The highest BCUT2D eigenvalue weighted by atomic mass is 19.4. The van der Waals surface area contributed by atoms with Crippen LogP contribution in [0.25, 0.3) is 10.9 Å². The largest absolute Gasteiger partial charge is 0.481 e. The Morgan fingerprint density at radius 3 is 2.47 bits per heavy atom. The average molecular weight is 445 g/mol. The van der Waals surface area contributed by atoms with Crippen LogP contribution in [0.4, 0.5) is 18.9 Å². The Hall–Kier alpha value is -3.62. The molecule has 1 heterocycles. The molecule has 0 aliphatic carbocycles. The average Bonchev–Trinajstić information content (AvgIpc) is 2.75. The number of para-hydroxylation sites is 1. The number of hydrogen-bond donors (Lipinski definition) is 3. The van der Waals surface area contributed by atoms with Gasteiger partial charge in [-0.05, 0) is 36.2 Å². The predicted octanol–water partition coefficient (Wildman–Crippen LogP) is 4.94. The summed E-state index contributed by atoms with van der Waals surface area (Å²) in [6.07, 6.45) is -4.09. The third-order valence-electron chi connectivity index (χ3n) is 4.85. The van der Waals surface area contributed by atoms with Crippen LogP contribution in [0.2, 0.25) is 0 Å². The van der Waals surface area contributed by atoms with Crippen LogP contribution >= 0.6 is 0 Å². The van der Waals surface area contributed by atoms with Gasteiger partial charge in [-0.15, -0.1) is 0 Å². The highest BCUT2D eigenvalue weighted by Crippen LogP contribution is 2.31. The molecular weight excluding hydrogens is 423 g/mol. The number of carboxylic acids is 1. The van der Waals surface area contributed by atoms with Crippen LogP contribution in [0, 0.1) is 0 Å². The van der Waals surface area contributed by atoms with Crippen LogP contribution in [-0.4, -0.2) is 34.7 Å². The number of hydrogen-bond acceptors (Lipinski definition) is 4. The first-order valence-electron chi connectivity index (χ1n) is 9.99. The third kappa shape index (κ3) is 6.69. The van der Waals surface area contributed by atoms with Gasteiger partial charge in [0, 0.05) is 23.9 Å². The number of benzene rings is 2. The second kappa shape index (κ2) is 10.1. The van der Waals surface area contributed by atoms with Crippen molar-refractivity contribution in [3.05, 3.63) is 71.9 Å². The number of halogens is 3. The smallest absolute Gasteiger partial charge is 0.389 e. The molecule has 3 N–H and O–H groups in total. The summed E-state index contributed by atoms with van der Waals surface area (Å²) >= 11 is 0. The standard InChI is InChI=1S/C23H22F3N3O3/c24-23(25,26)11-9-20(29-18-13-17-3-1-2-4-19(17)28-14-18)15-5-7-16(8-6-15)22(32)27-12-10-21(30)31/h1-8,13-14,20,29H,9-12H2,(H,27,32)(H,30,31)/t20-/m0/s1. The van der Waals surface area contributed by atoms with Gasteiger partial charge in [0.15, 0.2) is 0 Å². The van der Waals surface area contributed by atoms with Crippen molar-refractivity contribution in [2.75, 3.05) is 11.9 Å². The van der Waals surface area contributed by atoms with Crippen molar-refractivity contribution in [2.45, 2.75) is 31.5 Å². The molecule has 0 unspecified atom stereocenters. The molecule has 0 spiro atoms. The SMILES string of the molecule is O=C(O)CCNC(=O)c1ccc([C@H](CCC(F)(F)F)Nc2cnc3ccccc3c2)cc1. The Morgan fingerprint density at radius 2 is 1.78 bits per heavy atom. The number of amides is 1. The van der Waals surface area contributed by atoms with Crippen LogP contribution in [0.15, 0.2) is 60.8 Å². The topological polar surface area (TPSA) is 91.3 Å². The molecule has 3 aromatic rings. The van der Waals surface area contributed by atoms with E-state index in [1.165, 1.54) is 12.1 Å². The molecule has 9 heteroatoms. The lowest BCUT2D eigenvalue weighted by molar-refractivity contribution is -0.137. The van der Waals surface area contributed by atoms with Crippen molar-refractivity contribution >= 4 is 28.5 Å². The number of pyridine rings is 1. The molecule has 0 bridgehead atoms. The van der Waals surface area contributed by atoms with E-state index in [2.05, 4.69) is 15.6 Å². The zero-order valence-electron chi connectivity index (χ0n) is 17.0. The minimum atomic E-state index is -4.30. The zero-order chi connectivity index (χ0) is 23.1. The number of nitrogens with zero attached hydrogens (tertiary/aromatic N) is 1. The number of nitrogens with one attached hydrogen (secondary N) is 2. The normalized spacial score (nSPS) is 12.3. The second-order valence-electron chi connectivity index (χ2n) is 7.29. The minimum absolute atomic E-state index is 0.0132. The molecule has 0 fully saturated rings. The lowest BCUT2D eigenvalue weighted by Crippen LogP contribution is -2.26. The summed E-state index contributed by atoms with van der Waals surface area (Å²) in [6, 6.07) is 14.8. The first-order valence-corrected chi connectivity index (χ1v) is 9.99. The summed E-state index contributed by atoms with van der Waals surface area (Å²) in [5, 5.41) is 15.1.